The molecular formula is C11H16N2. The predicted molar refractivity (Wildman–Crippen MR) is 55.7 cm³/mol. The van der Waals surface area contributed by atoms with Gasteiger partial charge in [0.15, 0.2) is 0 Å². The molecule has 0 aromatic carbocycles. The molecule has 2 heteroatoms. The molecule has 0 fully saturated rings. The van der Waals surface area contributed by atoms with Crippen LogP contribution in [-0.2, 0) is 0 Å². The fourth-order valence-electron chi connectivity index (χ4n) is 2.00. The molecular weight excluding hydrogens is 160 g/mol. The number of hydrogen-bond donors (Lipinski definition) is 2. The lowest BCUT2D eigenvalue weighted by Crippen LogP contribution is -2.20. The van der Waals surface area contributed by atoms with Gasteiger partial charge in [0.1, 0.15) is 0 Å². The third kappa shape index (κ3) is 1.54. The first-order chi connectivity index (χ1) is 6.29. The molecule has 13 heavy (non-hydrogen) atoms. The monoisotopic (exact) mass is 176 g/mol. The molecule has 0 unspecified atom stereocenters. The summed E-state index contributed by atoms with van der Waals surface area (Å²) in [5.41, 5.74) is 5.59. The molecule has 2 heterocycles. The zero-order valence-corrected chi connectivity index (χ0v) is 8.28. The molecule has 1 aromatic rings. The van der Waals surface area contributed by atoms with Crippen LogP contribution in [0.15, 0.2) is 12.3 Å². The zero-order chi connectivity index (χ0) is 9.26. The zero-order valence-electron chi connectivity index (χ0n) is 8.28. The molecule has 0 saturated carbocycles. The molecule has 2 nitrogen and oxygen atoms in total. The van der Waals surface area contributed by atoms with Crippen molar-refractivity contribution in [3.63, 3.8) is 0 Å². The van der Waals surface area contributed by atoms with E-state index in [1.807, 2.05) is 0 Å². The van der Waals surface area contributed by atoms with Crippen molar-refractivity contribution in [2.24, 2.45) is 0 Å². The highest BCUT2D eigenvalue weighted by Crippen LogP contribution is 2.25. The Morgan fingerprint density at radius 1 is 1.31 bits per heavy atom. The minimum atomic E-state index is 1.01. The van der Waals surface area contributed by atoms with Gasteiger partial charge in [-0.1, -0.05) is 6.08 Å². The molecule has 2 rings (SSSR count). The molecule has 0 saturated heterocycles. The van der Waals surface area contributed by atoms with Gasteiger partial charge in [0.05, 0.1) is 0 Å². The first-order valence-electron chi connectivity index (χ1n) is 4.83. The van der Waals surface area contributed by atoms with Crippen molar-refractivity contribution in [2.45, 2.75) is 20.3 Å². The lowest BCUT2D eigenvalue weighted by Gasteiger charge is -2.14. The Balaban J connectivity index is 2.38. The van der Waals surface area contributed by atoms with Gasteiger partial charge in [0, 0.05) is 24.0 Å². The maximum atomic E-state index is 3.33. The van der Waals surface area contributed by atoms with Gasteiger partial charge in [-0.3, -0.25) is 0 Å². The lowest BCUT2D eigenvalue weighted by atomic mass is 9.98. The van der Waals surface area contributed by atoms with Crippen LogP contribution in [0.5, 0.6) is 0 Å². The number of aromatic nitrogens is 1. The summed E-state index contributed by atoms with van der Waals surface area (Å²) in [6.45, 7) is 6.43. The molecule has 1 aromatic heterocycles. The molecule has 1 aliphatic rings. The van der Waals surface area contributed by atoms with Crippen molar-refractivity contribution in [2.75, 3.05) is 13.1 Å². The Labute approximate surface area is 79.0 Å². The summed E-state index contributed by atoms with van der Waals surface area (Å²) >= 11 is 0. The number of nitrogens with one attached hydrogen (secondary N) is 2. The average Bonchev–Trinajstić information content (AvgIpc) is 2.48. The SMILES string of the molecule is Cc1c[nH]c(C)c1C1=CCNCC1. The van der Waals surface area contributed by atoms with Crippen molar-refractivity contribution in [1.29, 1.82) is 0 Å². The van der Waals surface area contributed by atoms with Gasteiger partial charge in [0.25, 0.3) is 0 Å². The molecule has 0 bridgehead atoms. The lowest BCUT2D eigenvalue weighted by molar-refractivity contribution is 0.738. The van der Waals surface area contributed by atoms with Crippen molar-refractivity contribution in [3.05, 3.63) is 29.1 Å². The van der Waals surface area contributed by atoms with Crippen LogP contribution in [0.1, 0.15) is 23.2 Å². The largest absolute Gasteiger partial charge is 0.364 e. The van der Waals surface area contributed by atoms with Crippen LogP contribution < -0.4 is 5.32 Å². The van der Waals surface area contributed by atoms with Gasteiger partial charge in [-0.05, 0) is 37.9 Å². The first kappa shape index (κ1) is 8.57. The van der Waals surface area contributed by atoms with Gasteiger partial charge in [-0.25, -0.2) is 0 Å². The number of H-pyrrole nitrogens is 1. The number of aryl methyl sites for hydroxylation is 2. The van der Waals surface area contributed by atoms with Crippen molar-refractivity contribution >= 4 is 5.57 Å². The summed E-state index contributed by atoms with van der Waals surface area (Å²) in [6.07, 6.45) is 5.54. The fraction of sp³-hybridized carbons (Fsp3) is 0.455. The van der Waals surface area contributed by atoms with Crippen LogP contribution in [0, 0.1) is 13.8 Å². The molecule has 0 radical (unpaired) electrons. The average molecular weight is 176 g/mol. The number of rotatable bonds is 1. The van der Waals surface area contributed by atoms with E-state index in [1.165, 1.54) is 22.4 Å². The highest BCUT2D eigenvalue weighted by atomic mass is 14.8. The summed E-state index contributed by atoms with van der Waals surface area (Å²) < 4.78 is 0. The van der Waals surface area contributed by atoms with Crippen LogP contribution in [0.2, 0.25) is 0 Å². The van der Waals surface area contributed by atoms with E-state index in [0.29, 0.717) is 0 Å². The van der Waals surface area contributed by atoms with Crippen molar-refractivity contribution in [1.82, 2.24) is 10.3 Å². The standard InChI is InChI=1S/C11H16N2/c1-8-7-13-9(2)11(8)10-3-5-12-6-4-10/h3,7,12-13H,4-6H2,1-2H3. The van der Waals surface area contributed by atoms with Crippen LogP contribution in [0.3, 0.4) is 0 Å². The van der Waals surface area contributed by atoms with Gasteiger partial charge in [-0.2, -0.15) is 0 Å². The normalized spacial score (nSPS) is 17.2. The first-order valence-corrected chi connectivity index (χ1v) is 4.83. The predicted octanol–water partition coefficient (Wildman–Crippen LogP) is 2.01. The van der Waals surface area contributed by atoms with E-state index in [0.717, 1.165) is 19.5 Å². The Bertz CT molecular complexity index is 314. The van der Waals surface area contributed by atoms with Crippen molar-refractivity contribution in [3.8, 4) is 0 Å². The Morgan fingerprint density at radius 3 is 2.69 bits per heavy atom. The van der Waals surface area contributed by atoms with Crippen LogP contribution in [-0.4, -0.2) is 18.1 Å². The molecule has 2 N–H and O–H groups in total. The van der Waals surface area contributed by atoms with E-state index in [-0.39, 0.29) is 0 Å². The third-order valence-corrected chi connectivity index (χ3v) is 2.66. The molecule has 1 aliphatic heterocycles. The van der Waals surface area contributed by atoms with E-state index < -0.39 is 0 Å². The van der Waals surface area contributed by atoms with Gasteiger partial charge < -0.3 is 10.3 Å². The molecule has 70 valence electrons. The second-order valence-corrected chi connectivity index (χ2v) is 3.66. The minimum Gasteiger partial charge on any atom is -0.364 e. The quantitative estimate of drug-likeness (QED) is 0.673. The van der Waals surface area contributed by atoms with Gasteiger partial charge >= 0.3 is 0 Å². The summed E-state index contributed by atoms with van der Waals surface area (Å²) in [6, 6.07) is 0. The number of aromatic amines is 1. The topological polar surface area (TPSA) is 27.8 Å². The maximum absolute atomic E-state index is 3.33. The smallest absolute Gasteiger partial charge is 0.0194 e. The van der Waals surface area contributed by atoms with Crippen LogP contribution in [0.25, 0.3) is 5.57 Å². The highest BCUT2D eigenvalue weighted by molar-refractivity contribution is 5.70. The molecule has 0 amide bonds. The van der Waals surface area contributed by atoms with Crippen LogP contribution >= 0.6 is 0 Å². The van der Waals surface area contributed by atoms with E-state index in [4.69, 9.17) is 0 Å². The van der Waals surface area contributed by atoms with Gasteiger partial charge in [0.2, 0.25) is 0 Å². The third-order valence-electron chi connectivity index (χ3n) is 2.66. The van der Waals surface area contributed by atoms with Crippen LogP contribution in [0.4, 0.5) is 0 Å². The Kier molecular flexibility index (Phi) is 2.23. The summed E-state index contributed by atoms with van der Waals surface area (Å²) in [7, 11) is 0. The summed E-state index contributed by atoms with van der Waals surface area (Å²) in [5.74, 6) is 0. The number of hydrogen-bond acceptors (Lipinski definition) is 1. The summed E-state index contributed by atoms with van der Waals surface area (Å²) in [5, 5.41) is 3.33. The minimum absolute atomic E-state index is 1.01. The van der Waals surface area contributed by atoms with E-state index in [2.05, 4.69) is 36.4 Å². The Morgan fingerprint density at radius 2 is 2.15 bits per heavy atom. The summed E-state index contributed by atoms with van der Waals surface area (Å²) in [4.78, 5) is 3.27. The Hall–Kier alpha value is -1.02. The highest BCUT2D eigenvalue weighted by Gasteiger charge is 2.11. The second-order valence-electron chi connectivity index (χ2n) is 3.66. The van der Waals surface area contributed by atoms with E-state index in [1.54, 1.807) is 0 Å². The van der Waals surface area contributed by atoms with E-state index in [9.17, 15) is 0 Å². The molecule has 0 aliphatic carbocycles. The van der Waals surface area contributed by atoms with Crippen molar-refractivity contribution < 1.29 is 0 Å². The molecule has 0 atom stereocenters. The van der Waals surface area contributed by atoms with E-state index >= 15 is 0 Å². The second kappa shape index (κ2) is 3.38. The maximum Gasteiger partial charge on any atom is 0.0194 e. The fourth-order valence-corrected chi connectivity index (χ4v) is 2.00. The molecule has 0 spiro atoms. The van der Waals surface area contributed by atoms with Gasteiger partial charge in [-0.15, -0.1) is 0 Å².